The Balaban J connectivity index is 3.13. The van der Waals surface area contributed by atoms with Gasteiger partial charge in [-0.05, 0) is 27.8 Å². The second-order valence-corrected chi connectivity index (χ2v) is 6.19. The number of ether oxygens (including phenoxy) is 6. The molecule has 0 fully saturated rings. The highest BCUT2D eigenvalue weighted by Gasteiger charge is 2.15. The van der Waals surface area contributed by atoms with Gasteiger partial charge in [0.15, 0.2) is 0 Å². The third kappa shape index (κ3) is 21.2. The predicted molar refractivity (Wildman–Crippen MR) is 93.9 cm³/mol. The Kier molecular flexibility index (Phi) is 16.2. The fourth-order valence-electron chi connectivity index (χ4n) is 1.58. The first-order valence-electron chi connectivity index (χ1n) is 8.71. The molecule has 0 atom stereocenters. The molecule has 0 heterocycles. The summed E-state index contributed by atoms with van der Waals surface area (Å²) in [6, 6.07) is 0. The van der Waals surface area contributed by atoms with Crippen LogP contribution < -0.4 is 5.32 Å². The molecule has 0 saturated carbocycles. The number of nitrogens with one attached hydrogen (secondary N) is 1. The Morgan fingerprint density at radius 2 is 1.12 bits per heavy atom. The summed E-state index contributed by atoms with van der Waals surface area (Å²) in [5.41, 5.74) is -0.489. The number of carbonyl (C=O) groups excluding carboxylic acids is 1. The van der Waals surface area contributed by atoms with E-state index >= 15 is 0 Å². The Labute approximate surface area is 151 Å². The number of esters is 1. The first kappa shape index (κ1) is 24.2. The molecule has 150 valence electrons. The molecule has 0 aliphatic rings. The zero-order valence-corrected chi connectivity index (χ0v) is 16.1. The van der Waals surface area contributed by atoms with Gasteiger partial charge in [0.2, 0.25) is 0 Å². The van der Waals surface area contributed by atoms with Crippen molar-refractivity contribution in [2.45, 2.75) is 26.4 Å². The Hall–Kier alpha value is -0.770. The van der Waals surface area contributed by atoms with Crippen LogP contribution >= 0.6 is 0 Å². The highest BCUT2D eigenvalue weighted by Crippen LogP contribution is 2.06. The van der Waals surface area contributed by atoms with Gasteiger partial charge in [0.25, 0.3) is 0 Å². The monoisotopic (exact) mass is 365 g/mol. The molecular weight excluding hydrogens is 330 g/mol. The normalized spacial score (nSPS) is 11.7. The first-order chi connectivity index (χ1) is 12.0. The SMILES string of the molecule is CNCCOCCOCCOCCOCCOCC(=O)OC(C)(C)C. The standard InChI is InChI=1S/C17H35NO7/c1-17(2,3)25-16(19)15-24-14-13-23-12-11-22-10-9-21-8-7-20-6-5-18-4/h18H,5-15H2,1-4H3. The summed E-state index contributed by atoms with van der Waals surface area (Å²) < 4.78 is 31.7. The van der Waals surface area contributed by atoms with Crippen molar-refractivity contribution in [2.75, 3.05) is 79.7 Å². The van der Waals surface area contributed by atoms with E-state index in [9.17, 15) is 4.79 Å². The maximum Gasteiger partial charge on any atom is 0.332 e. The molecular formula is C17H35NO7. The predicted octanol–water partition coefficient (Wildman–Crippen LogP) is 0.631. The topological polar surface area (TPSA) is 84.5 Å². The van der Waals surface area contributed by atoms with Gasteiger partial charge < -0.3 is 33.7 Å². The fraction of sp³-hybridized carbons (Fsp3) is 0.941. The van der Waals surface area contributed by atoms with Crippen LogP contribution in [0.1, 0.15) is 20.8 Å². The van der Waals surface area contributed by atoms with Gasteiger partial charge >= 0.3 is 5.97 Å². The molecule has 0 unspecified atom stereocenters. The molecule has 0 bridgehead atoms. The zero-order chi connectivity index (χ0) is 18.8. The average Bonchev–Trinajstić information content (AvgIpc) is 2.53. The molecule has 0 rings (SSSR count). The van der Waals surface area contributed by atoms with Crippen LogP contribution in [0.25, 0.3) is 0 Å². The number of likely N-dealkylation sites (N-methyl/N-ethyl adjacent to an activating group) is 1. The van der Waals surface area contributed by atoms with Crippen LogP contribution in [0.5, 0.6) is 0 Å². The second-order valence-electron chi connectivity index (χ2n) is 6.19. The summed E-state index contributed by atoms with van der Waals surface area (Å²) in [4.78, 5) is 11.4. The summed E-state index contributed by atoms with van der Waals surface area (Å²) in [5, 5.41) is 3.00. The molecule has 8 heteroatoms. The van der Waals surface area contributed by atoms with Gasteiger partial charge in [0, 0.05) is 6.54 Å². The van der Waals surface area contributed by atoms with Crippen molar-refractivity contribution in [3.63, 3.8) is 0 Å². The van der Waals surface area contributed by atoms with Crippen LogP contribution in [0.3, 0.4) is 0 Å². The number of carbonyl (C=O) groups is 1. The van der Waals surface area contributed by atoms with Crippen LogP contribution in [0.15, 0.2) is 0 Å². The molecule has 0 aromatic carbocycles. The molecule has 0 radical (unpaired) electrons. The van der Waals surface area contributed by atoms with Crippen molar-refractivity contribution >= 4 is 5.97 Å². The van der Waals surface area contributed by atoms with Gasteiger partial charge in [0.05, 0.1) is 59.5 Å². The van der Waals surface area contributed by atoms with Crippen LogP contribution in [0.2, 0.25) is 0 Å². The average molecular weight is 365 g/mol. The highest BCUT2D eigenvalue weighted by molar-refractivity contribution is 5.71. The fourth-order valence-corrected chi connectivity index (χ4v) is 1.58. The quantitative estimate of drug-likeness (QED) is 0.297. The number of hydrogen-bond acceptors (Lipinski definition) is 8. The van der Waals surface area contributed by atoms with E-state index in [1.54, 1.807) is 0 Å². The van der Waals surface area contributed by atoms with Crippen LogP contribution in [-0.4, -0.2) is 91.2 Å². The maximum absolute atomic E-state index is 11.4. The molecule has 0 aliphatic carbocycles. The summed E-state index contributed by atoms with van der Waals surface area (Å²) in [6.45, 7) is 10.9. The van der Waals surface area contributed by atoms with E-state index in [0.717, 1.165) is 6.54 Å². The van der Waals surface area contributed by atoms with E-state index < -0.39 is 5.60 Å². The number of rotatable bonds is 17. The Morgan fingerprint density at radius 1 is 0.720 bits per heavy atom. The molecule has 1 N–H and O–H groups in total. The van der Waals surface area contributed by atoms with Gasteiger partial charge in [-0.15, -0.1) is 0 Å². The van der Waals surface area contributed by atoms with E-state index in [4.69, 9.17) is 28.4 Å². The highest BCUT2D eigenvalue weighted by atomic mass is 16.6. The van der Waals surface area contributed by atoms with Gasteiger partial charge in [-0.3, -0.25) is 0 Å². The summed E-state index contributed by atoms with van der Waals surface area (Å²) in [7, 11) is 1.89. The number of hydrogen-bond donors (Lipinski definition) is 1. The summed E-state index contributed by atoms with van der Waals surface area (Å²) in [6.07, 6.45) is 0. The van der Waals surface area contributed by atoms with Crippen molar-refractivity contribution in [2.24, 2.45) is 0 Å². The molecule has 8 nitrogen and oxygen atoms in total. The minimum Gasteiger partial charge on any atom is -0.458 e. The smallest absolute Gasteiger partial charge is 0.332 e. The third-order valence-corrected chi connectivity index (χ3v) is 2.62. The van der Waals surface area contributed by atoms with Gasteiger partial charge in [-0.25, -0.2) is 4.79 Å². The van der Waals surface area contributed by atoms with Crippen molar-refractivity contribution < 1.29 is 33.2 Å². The lowest BCUT2D eigenvalue weighted by molar-refractivity contribution is -0.160. The minimum atomic E-state index is -0.489. The van der Waals surface area contributed by atoms with Gasteiger partial charge in [-0.2, -0.15) is 0 Å². The molecule has 0 amide bonds. The Morgan fingerprint density at radius 3 is 1.52 bits per heavy atom. The molecule has 0 aliphatic heterocycles. The molecule has 0 aromatic rings. The van der Waals surface area contributed by atoms with E-state index in [0.29, 0.717) is 59.5 Å². The summed E-state index contributed by atoms with van der Waals surface area (Å²) in [5.74, 6) is -0.372. The largest absolute Gasteiger partial charge is 0.458 e. The lowest BCUT2D eigenvalue weighted by Crippen LogP contribution is -2.27. The van der Waals surface area contributed by atoms with Crippen molar-refractivity contribution in [3.05, 3.63) is 0 Å². The van der Waals surface area contributed by atoms with Crippen LogP contribution in [0, 0.1) is 0 Å². The van der Waals surface area contributed by atoms with Crippen molar-refractivity contribution in [1.82, 2.24) is 5.32 Å². The van der Waals surface area contributed by atoms with Gasteiger partial charge in [0.1, 0.15) is 12.2 Å². The van der Waals surface area contributed by atoms with E-state index in [2.05, 4.69) is 5.32 Å². The molecule has 25 heavy (non-hydrogen) atoms. The van der Waals surface area contributed by atoms with E-state index in [-0.39, 0.29) is 12.6 Å². The third-order valence-electron chi connectivity index (χ3n) is 2.62. The van der Waals surface area contributed by atoms with E-state index in [1.165, 1.54) is 0 Å². The van der Waals surface area contributed by atoms with Crippen molar-refractivity contribution in [1.29, 1.82) is 0 Å². The maximum atomic E-state index is 11.4. The van der Waals surface area contributed by atoms with Crippen molar-refractivity contribution in [3.8, 4) is 0 Å². The molecule has 0 saturated heterocycles. The Bertz CT molecular complexity index is 308. The van der Waals surface area contributed by atoms with Crippen LogP contribution in [0.4, 0.5) is 0 Å². The van der Waals surface area contributed by atoms with Gasteiger partial charge in [-0.1, -0.05) is 0 Å². The first-order valence-corrected chi connectivity index (χ1v) is 8.71. The second kappa shape index (κ2) is 16.7. The minimum absolute atomic E-state index is 0.0624. The van der Waals surface area contributed by atoms with E-state index in [1.807, 2.05) is 27.8 Å². The molecule has 0 aromatic heterocycles. The van der Waals surface area contributed by atoms with Crippen LogP contribution in [-0.2, 0) is 33.2 Å². The summed E-state index contributed by atoms with van der Waals surface area (Å²) >= 11 is 0. The lowest BCUT2D eigenvalue weighted by atomic mass is 10.2. The lowest BCUT2D eigenvalue weighted by Gasteiger charge is -2.19. The molecule has 0 spiro atoms. The zero-order valence-electron chi connectivity index (χ0n) is 16.1.